The van der Waals surface area contributed by atoms with E-state index in [0.29, 0.717) is 0 Å². The zero-order valence-corrected chi connectivity index (χ0v) is 6.51. The van der Waals surface area contributed by atoms with Gasteiger partial charge in [0.25, 0.3) is 0 Å². The van der Waals surface area contributed by atoms with Gasteiger partial charge in [0.15, 0.2) is 0 Å². The molecule has 11 heavy (non-hydrogen) atoms. The van der Waals surface area contributed by atoms with Crippen molar-refractivity contribution in [2.45, 2.75) is 12.3 Å². The first-order chi connectivity index (χ1) is 5.47. The third kappa shape index (κ3) is 1.43. The molecule has 0 unspecified atom stereocenters. The summed E-state index contributed by atoms with van der Waals surface area (Å²) in [6.07, 6.45) is 1.28. The zero-order chi connectivity index (χ0) is 7.52. The predicted molar refractivity (Wildman–Crippen MR) is 45.5 cm³/mol. The molecule has 1 atom stereocenters. The summed E-state index contributed by atoms with van der Waals surface area (Å²) in [5, 5.41) is 3.36. The van der Waals surface area contributed by atoms with E-state index in [4.69, 9.17) is 0 Å². The first kappa shape index (κ1) is 6.86. The molecule has 1 aliphatic heterocycles. The average molecular weight is 146 g/mol. The van der Waals surface area contributed by atoms with Crippen molar-refractivity contribution in [1.82, 2.24) is 5.32 Å². The van der Waals surface area contributed by atoms with Crippen LogP contribution in [-0.4, -0.2) is 13.1 Å². The minimum Gasteiger partial charge on any atom is -0.316 e. The lowest BCUT2D eigenvalue weighted by Crippen LogP contribution is -2.07. The van der Waals surface area contributed by atoms with Crippen LogP contribution in [0.1, 0.15) is 17.9 Å². The predicted octanol–water partition coefficient (Wildman–Crippen LogP) is 1.56. The molecular weight excluding hydrogens is 134 g/mol. The highest BCUT2D eigenvalue weighted by atomic mass is 14.9. The van der Waals surface area contributed by atoms with E-state index in [1.165, 1.54) is 18.5 Å². The summed E-state index contributed by atoms with van der Waals surface area (Å²) < 4.78 is 0. The van der Waals surface area contributed by atoms with Crippen LogP contribution in [0.25, 0.3) is 0 Å². The molecule has 1 heteroatoms. The topological polar surface area (TPSA) is 12.0 Å². The molecule has 1 saturated heterocycles. The van der Waals surface area contributed by atoms with Crippen molar-refractivity contribution in [2.24, 2.45) is 0 Å². The normalized spacial score (nSPS) is 23.8. The van der Waals surface area contributed by atoms with Crippen molar-refractivity contribution in [2.75, 3.05) is 13.1 Å². The van der Waals surface area contributed by atoms with Gasteiger partial charge in [-0.1, -0.05) is 24.3 Å². The van der Waals surface area contributed by atoms with Crippen molar-refractivity contribution in [3.8, 4) is 0 Å². The molecule has 1 N–H and O–H groups in total. The molecule has 0 spiro atoms. The van der Waals surface area contributed by atoms with Gasteiger partial charge in [0.05, 0.1) is 0 Å². The van der Waals surface area contributed by atoms with Crippen LogP contribution in [0.4, 0.5) is 0 Å². The molecule has 0 aliphatic carbocycles. The number of hydrogen-bond acceptors (Lipinski definition) is 1. The minimum absolute atomic E-state index is 0.740. The van der Waals surface area contributed by atoms with Gasteiger partial charge in [-0.05, 0) is 30.5 Å². The van der Waals surface area contributed by atoms with Crippen molar-refractivity contribution < 1.29 is 0 Å². The van der Waals surface area contributed by atoms with Gasteiger partial charge in [0.1, 0.15) is 0 Å². The van der Waals surface area contributed by atoms with Crippen molar-refractivity contribution in [3.05, 3.63) is 35.9 Å². The molecule has 0 bridgehead atoms. The quantitative estimate of drug-likeness (QED) is 0.634. The SMILES string of the molecule is [c]1ccc([C@H]2CCNC2)cc1. The van der Waals surface area contributed by atoms with Crippen LogP contribution in [0.15, 0.2) is 24.3 Å². The van der Waals surface area contributed by atoms with Crippen LogP contribution in [-0.2, 0) is 0 Å². The summed E-state index contributed by atoms with van der Waals surface area (Å²) >= 11 is 0. The fraction of sp³-hybridized carbons (Fsp3) is 0.400. The van der Waals surface area contributed by atoms with Crippen LogP contribution in [0.5, 0.6) is 0 Å². The van der Waals surface area contributed by atoms with E-state index in [2.05, 4.69) is 23.5 Å². The Balaban J connectivity index is 2.16. The molecule has 0 amide bonds. The number of rotatable bonds is 1. The summed E-state index contributed by atoms with van der Waals surface area (Å²) in [6.45, 7) is 2.31. The summed E-state index contributed by atoms with van der Waals surface area (Å²) in [5.74, 6) is 0.740. The third-order valence-electron chi connectivity index (χ3n) is 2.28. The Labute approximate surface area is 67.4 Å². The van der Waals surface area contributed by atoms with E-state index >= 15 is 0 Å². The largest absolute Gasteiger partial charge is 0.316 e. The van der Waals surface area contributed by atoms with Crippen LogP contribution in [0.2, 0.25) is 0 Å². The van der Waals surface area contributed by atoms with E-state index < -0.39 is 0 Å². The van der Waals surface area contributed by atoms with Crippen molar-refractivity contribution in [1.29, 1.82) is 0 Å². The molecule has 2 rings (SSSR count). The molecule has 0 aromatic heterocycles. The summed E-state index contributed by atoms with van der Waals surface area (Å²) in [7, 11) is 0. The van der Waals surface area contributed by atoms with E-state index in [0.717, 1.165) is 12.5 Å². The molecule has 0 saturated carbocycles. The second-order valence-corrected chi connectivity index (χ2v) is 3.02. The van der Waals surface area contributed by atoms with E-state index in [1.54, 1.807) is 0 Å². The van der Waals surface area contributed by atoms with E-state index in [9.17, 15) is 0 Å². The van der Waals surface area contributed by atoms with Gasteiger partial charge in [-0.25, -0.2) is 0 Å². The lowest BCUT2D eigenvalue weighted by atomic mass is 9.99. The first-order valence-corrected chi connectivity index (χ1v) is 4.13. The van der Waals surface area contributed by atoms with Crippen LogP contribution < -0.4 is 5.32 Å². The third-order valence-corrected chi connectivity index (χ3v) is 2.28. The van der Waals surface area contributed by atoms with E-state index in [-0.39, 0.29) is 0 Å². The number of hydrogen-bond donors (Lipinski definition) is 1. The summed E-state index contributed by atoms with van der Waals surface area (Å²) in [4.78, 5) is 0. The smallest absolute Gasteiger partial charge is 0.00206 e. The molecule has 1 aromatic carbocycles. The Morgan fingerprint density at radius 2 is 2.18 bits per heavy atom. The molecule has 1 aromatic rings. The van der Waals surface area contributed by atoms with Crippen molar-refractivity contribution in [3.63, 3.8) is 0 Å². The van der Waals surface area contributed by atoms with Crippen LogP contribution in [0, 0.1) is 6.07 Å². The maximum atomic E-state index is 3.36. The lowest BCUT2D eigenvalue weighted by Gasteiger charge is -2.06. The van der Waals surface area contributed by atoms with E-state index in [1.807, 2.05) is 12.1 Å². The lowest BCUT2D eigenvalue weighted by molar-refractivity contribution is 0.763. The maximum Gasteiger partial charge on any atom is 0.00206 e. The van der Waals surface area contributed by atoms with Crippen LogP contribution >= 0.6 is 0 Å². The Kier molecular flexibility index (Phi) is 1.91. The monoisotopic (exact) mass is 146 g/mol. The van der Waals surface area contributed by atoms with Crippen LogP contribution in [0.3, 0.4) is 0 Å². The standard InChI is InChI=1S/C10H12N/c1-2-4-9(5-3-1)10-6-7-11-8-10/h2-5,10-11H,6-8H2/t10-/m0/s1. The molecule has 1 aliphatic rings. The molecule has 1 nitrogen and oxygen atoms in total. The maximum absolute atomic E-state index is 3.36. The zero-order valence-electron chi connectivity index (χ0n) is 6.51. The Hall–Kier alpha value is -0.820. The molecular formula is C10H12N. The summed E-state index contributed by atoms with van der Waals surface area (Å²) in [5.41, 5.74) is 1.45. The molecule has 57 valence electrons. The van der Waals surface area contributed by atoms with Gasteiger partial charge in [-0.2, -0.15) is 0 Å². The van der Waals surface area contributed by atoms with Gasteiger partial charge in [0.2, 0.25) is 0 Å². The highest BCUT2D eigenvalue weighted by Crippen LogP contribution is 2.20. The van der Waals surface area contributed by atoms with Gasteiger partial charge in [-0.15, -0.1) is 0 Å². The number of benzene rings is 1. The highest BCUT2D eigenvalue weighted by Gasteiger charge is 2.15. The Bertz CT molecular complexity index is 212. The highest BCUT2D eigenvalue weighted by molar-refractivity contribution is 5.20. The minimum atomic E-state index is 0.740. The second-order valence-electron chi connectivity index (χ2n) is 3.02. The first-order valence-electron chi connectivity index (χ1n) is 4.13. The van der Waals surface area contributed by atoms with Gasteiger partial charge in [0, 0.05) is 6.54 Å². The van der Waals surface area contributed by atoms with Gasteiger partial charge < -0.3 is 5.32 Å². The summed E-state index contributed by atoms with van der Waals surface area (Å²) in [6, 6.07) is 11.4. The molecule has 1 radical (unpaired) electrons. The van der Waals surface area contributed by atoms with Gasteiger partial charge in [-0.3, -0.25) is 0 Å². The molecule has 1 heterocycles. The Morgan fingerprint density at radius 1 is 1.36 bits per heavy atom. The fourth-order valence-corrected chi connectivity index (χ4v) is 1.61. The van der Waals surface area contributed by atoms with Crippen molar-refractivity contribution >= 4 is 0 Å². The van der Waals surface area contributed by atoms with Gasteiger partial charge >= 0.3 is 0 Å². The number of nitrogens with one attached hydrogen (secondary N) is 1. The Morgan fingerprint density at radius 3 is 2.82 bits per heavy atom. The second kappa shape index (κ2) is 3.05. The average Bonchev–Trinajstić information content (AvgIpc) is 2.58. The molecule has 1 fully saturated rings. The fourth-order valence-electron chi connectivity index (χ4n) is 1.61.